The van der Waals surface area contributed by atoms with E-state index in [0.717, 1.165) is 5.56 Å². The summed E-state index contributed by atoms with van der Waals surface area (Å²) in [4.78, 5) is 23.4. The van der Waals surface area contributed by atoms with Gasteiger partial charge in [0, 0.05) is 5.56 Å². The number of halogens is 1. The summed E-state index contributed by atoms with van der Waals surface area (Å²) in [6.07, 6.45) is 0. The van der Waals surface area contributed by atoms with Crippen LogP contribution in [0.3, 0.4) is 0 Å². The SMILES string of the molecule is Cc1ccc(F)c(NC(=O)c2ccc3c(c2)OCC(=O)N3)c1. The van der Waals surface area contributed by atoms with Gasteiger partial charge in [-0.15, -0.1) is 0 Å². The molecule has 0 aliphatic carbocycles. The average molecular weight is 300 g/mol. The van der Waals surface area contributed by atoms with Gasteiger partial charge in [0.25, 0.3) is 11.8 Å². The zero-order valence-electron chi connectivity index (χ0n) is 11.8. The van der Waals surface area contributed by atoms with Crippen LogP contribution >= 0.6 is 0 Å². The van der Waals surface area contributed by atoms with Crippen molar-refractivity contribution in [3.05, 3.63) is 53.3 Å². The van der Waals surface area contributed by atoms with Crippen molar-refractivity contribution in [2.24, 2.45) is 0 Å². The number of aryl methyl sites for hydroxylation is 1. The van der Waals surface area contributed by atoms with Crippen LogP contribution in [0.4, 0.5) is 15.8 Å². The third kappa shape index (κ3) is 2.76. The van der Waals surface area contributed by atoms with Crippen LogP contribution in [0.25, 0.3) is 0 Å². The Morgan fingerprint density at radius 1 is 1.27 bits per heavy atom. The molecule has 1 aliphatic rings. The molecule has 0 radical (unpaired) electrons. The Labute approximate surface area is 126 Å². The monoisotopic (exact) mass is 300 g/mol. The van der Waals surface area contributed by atoms with E-state index in [1.807, 2.05) is 6.92 Å². The predicted octanol–water partition coefficient (Wildman–Crippen LogP) is 2.72. The second-order valence-electron chi connectivity index (χ2n) is 4.99. The van der Waals surface area contributed by atoms with Crippen LogP contribution in [-0.2, 0) is 4.79 Å². The first kappa shape index (κ1) is 14.1. The molecule has 0 bridgehead atoms. The minimum absolute atomic E-state index is 0.0927. The summed E-state index contributed by atoms with van der Waals surface area (Å²) in [5.41, 5.74) is 1.79. The fourth-order valence-electron chi connectivity index (χ4n) is 2.15. The maximum atomic E-state index is 13.7. The minimum Gasteiger partial charge on any atom is -0.482 e. The molecular weight excluding hydrogens is 287 g/mol. The fourth-order valence-corrected chi connectivity index (χ4v) is 2.15. The van der Waals surface area contributed by atoms with E-state index in [-0.39, 0.29) is 18.2 Å². The molecule has 3 rings (SSSR count). The van der Waals surface area contributed by atoms with Gasteiger partial charge in [0.15, 0.2) is 6.61 Å². The molecule has 0 saturated carbocycles. The molecule has 1 heterocycles. The van der Waals surface area contributed by atoms with Crippen molar-refractivity contribution in [2.75, 3.05) is 17.2 Å². The van der Waals surface area contributed by atoms with Gasteiger partial charge in [0.2, 0.25) is 0 Å². The molecule has 0 spiro atoms. The molecule has 112 valence electrons. The number of amides is 2. The Morgan fingerprint density at radius 3 is 2.91 bits per heavy atom. The zero-order chi connectivity index (χ0) is 15.7. The number of benzene rings is 2. The van der Waals surface area contributed by atoms with Crippen LogP contribution in [0, 0.1) is 12.7 Å². The summed E-state index contributed by atoms with van der Waals surface area (Å²) in [7, 11) is 0. The van der Waals surface area contributed by atoms with Crippen molar-refractivity contribution >= 4 is 23.2 Å². The van der Waals surface area contributed by atoms with Crippen molar-refractivity contribution in [1.82, 2.24) is 0 Å². The number of hydrogen-bond acceptors (Lipinski definition) is 3. The first-order valence-corrected chi connectivity index (χ1v) is 6.67. The molecule has 0 fully saturated rings. The van der Waals surface area contributed by atoms with Crippen molar-refractivity contribution < 1.29 is 18.7 Å². The Balaban J connectivity index is 1.84. The van der Waals surface area contributed by atoms with Crippen molar-refractivity contribution in [3.63, 3.8) is 0 Å². The first-order chi connectivity index (χ1) is 10.5. The summed E-state index contributed by atoms with van der Waals surface area (Å²) in [6.45, 7) is 1.72. The lowest BCUT2D eigenvalue weighted by molar-refractivity contribution is -0.118. The fraction of sp³-hybridized carbons (Fsp3) is 0.125. The maximum absolute atomic E-state index is 13.7. The molecule has 2 N–H and O–H groups in total. The van der Waals surface area contributed by atoms with Crippen LogP contribution in [0.15, 0.2) is 36.4 Å². The molecule has 0 aromatic heterocycles. The number of anilines is 2. The van der Waals surface area contributed by atoms with Gasteiger partial charge in [-0.25, -0.2) is 4.39 Å². The number of carbonyl (C=O) groups excluding carboxylic acids is 2. The summed E-state index contributed by atoms with van der Waals surface area (Å²) in [6, 6.07) is 9.11. The second-order valence-corrected chi connectivity index (χ2v) is 4.99. The van der Waals surface area contributed by atoms with E-state index in [0.29, 0.717) is 17.0 Å². The normalized spacial score (nSPS) is 12.9. The molecule has 1 aliphatic heterocycles. The van der Waals surface area contributed by atoms with Gasteiger partial charge in [-0.05, 0) is 42.8 Å². The van der Waals surface area contributed by atoms with Gasteiger partial charge in [0.1, 0.15) is 11.6 Å². The maximum Gasteiger partial charge on any atom is 0.262 e. The predicted molar refractivity (Wildman–Crippen MR) is 79.7 cm³/mol. The number of carbonyl (C=O) groups is 2. The summed E-state index contributed by atoms with van der Waals surface area (Å²) in [5.74, 6) is -0.781. The molecule has 0 saturated heterocycles. The van der Waals surface area contributed by atoms with E-state index in [1.54, 1.807) is 18.2 Å². The zero-order valence-corrected chi connectivity index (χ0v) is 11.8. The molecule has 5 nitrogen and oxygen atoms in total. The molecular formula is C16H13FN2O3. The number of fused-ring (bicyclic) bond motifs is 1. The van der Waals surface area contributed by atoms with Gasteiger partial charge < -0.3 is 15.4 Å². The van der Waals surface area contributed by atoms with E-state index in [4.69, 9.17) is 4.74 Å². The standard InChI is InChI=1S/C16H13FN2O3/c1-9-2-4-11(17)13(6-9)19-16(21)10-3-5-12-14(7-10)22-8-15(20)18-12/h2-7H,8H2,1H3,(H,18,20)(H,19,21). The highest BCUT2D eigenvalue weighted by atomic mass is 19.1. The molecule has 6 heteroatoms. The van der Waals surface area contributed by atoms with E-state index in [2.05, 4.69) is 10.6 Å². The third-order valence-electron chi connectivity index (χ3n) is 3.25. The van der Waals surface area contributed by atoms with Gasteiger partial charge in [-0.1, -0.05) is 6.07 Å². The molecule has 0 atom stereocenters. The number of rotatable bonds is 2. The van der Waals surface area contributed by atoms with E-state index >= 15 is 0 Å². The first-order valence-electron chi connectivity index (χ1n) is 6.67. The van der Waals surface area contributed by atoms with E-state index in [1.165, 1.54) is 18.2 Å². The van der Waals surface area contributed by atoms with Gasteiger partial charge >= 0.3 is 0 Å². The lowest BCUT2D eigenvalue weighted by atomic mass is 10.1. The lowest BCUT2D eigenvalue weighted by Gasteiger charge is -2.18. The Morgan fingerprint density at radius 2 is 2.09 bits per heavy atom. The van der Waals surface area contributed by atoms with Crippen LogP contribution in [0.5, 0.6) is 5.75 Å². The number of nitrogens with one attached hydrogen (secondary N) is 2. The molecule has 2 amide bonds. The van der Waals surface area contributed by atoms with E-state index < -0.39 is 11.7 Å². The molecule has 2 aromatic carbocycles. The molecule has 0 unspecified atom stereocenters. The highest BCUT2D eigenvalue weighted by Gasteiger charge is 2.18. The van der Waals surface area contributed by atoms with Crippen LogP contribution in [-0.4, -0.2) is 18.4 Å². The minimum atomic E-state index is -0.500. The topological polar surface area (TPSA) is 67.4 Å². The van der Waals surface area contributed by atoms with Crippen LogP contribution < -0.4 is 15.4 Å². The van der Waals surface area contributed by atoms with Gasteiger partial charge in [-0.2, -0.15) is 0 Å². The summed E-state index contributed by atoms with van der Waals surface area (Å²) in [5, 5.41) is 5.16. The lowest BCUT2D eigenvalue weighted by Crippen LogP contribution is -2.25. The Hall–Kier alpha value is -2.89. The van der Waals surface area contributed by atoms with Crippen molar-refractivity contribution in [2.45, 2.75) is 6.92 Å². The average Bonchev–Trinajstić information content (AvgIpc) is 2.50. The second kappa shape index (κ2) is 5.48. The van der Waals surface area contributed by atoms with E-state index in [9.17, 15) is 14.0 Å². The Kier molecular flexibility index (Phi) is 3.50. The molecule has 2 aromatic rings. The largest absolute Gasteiger partial charge is 0.482 e. The third-order valence-corrected chi connectivity index (χ3v) is 3.25. The number of hydrogen-bond donors (Lipinski definition) is 2. The quantitative estimate of drug-likeness (QED) is 0.896. The molecule has 22 heavy (non-hydrogen) atoms. The summed E-state index contributed by atoms with van der Waals surface area (Å²) < 4.78 is 18.9. The van der Waals surface area contributed by atoms with Crippen molar-refractivity contribution in [3.8, 4) is 5.75 Å². The highest BCUT2D eigenvalue weighted by Crippen LogP contribution is 2.29. The van der Waals surface area contributed by atoms with Gasteiger partial charge in [0.05, 0.1) is 11.4 Å². The van der Waals surface area contributed by atoms with Crippen LogP contribution in [0.2, 0.25) is 0 Å². The van der Waals surface area contributed by atoms with Crippen LogP contribution in [0.1, 0.15) is 15.9 Å². The summed E-state index contributed by atoms with van der Waals surface area (Å²) >= 11 is 0. The highest BCUT2D eigenvalue weighted by molar-refractivity contribution is 6.05. The number of ether oxygens (including phenoxy) is 1. The smallest absolute Gasteiger partial charge is 0.262 e. The van der Waals surface area contributed by atoms with Crippen molar-refractivity contribution in [1.29, 1.82) is 0 Å². The van der Waals surface area contributed by atoms with Gasteiger partial charge in [-0.3, -0.25) is 9.59 Å². The Bertz CT molecular complexity index is 774.